The topological polar surface area (TPSA) is 30.9 Å². The van der Waals surface area contributed by atoms with E-state index in [-0.39, 0.29) is 6.04 Å². The molecule has 0 aliphatic carbocycles. The van der Waals surface area contributed by atoms with Crippen molar-refractivity contribution < 1.29 is 0 Å². The van der Waals surface area contributed by atoms with Crippen LogP contribution in [0.2, 0.25) is 0 Å². The standard InChI is InChI=1S/C14H20N2/c1-3-13(15)9-11-5-6-12-7-8-16(4-2)14(12)10-11/h5-8,10,13H,3-4,9,15H2,1-2H3. The highest BCUT2D eigenvalue weighted by atomic mass is 14.9. The zero-order chi connectivity index (χ0) is 11.5. The summed E-state index contributed by atoms with van der Waals surface area (Å²) in [5.41, 5.74) is 8.65. The summed E-state index contributed by atoms with van der Waals surface area (Å²) >= 11 is 0. The molecule has 1 atom stereocenters. The molecular formula is C14H20N2. The van der Waals surface area contributed by atoms with Crippen molar-refractivity contribution in [1.29, 1.82) is 0 Å². The summed E-state index contributed by atoms with van der Waals surface area (Å²) < 4.78 is 2.27. The SMILES string of the molecule is CCC(N)Cc1ccc2ccn(CC)c2c1. The van der Waals surface area contributed by atoms with Gasteiger partial charge >= 0.3 is 0 Å². The molecule has 1 heterocycles. The molecule has 0 saturated carbocycles. The van der Waals surface area contributed by atoms with Crippen LogP contribution in [0, 0.1) is 0 Å². The van der Waals surface area contributed by atoms with Gasteiger partial charge < -0.3 is 10.3 Å². The number of aryl methyl sites for hydroxylation is 1. The minimum Gasteiger partial charge on any atom is -0.348 e. The number of benzene rings is 1. The third-order valence-corrected chi connectivity index (χ3v) is 3.20. The minimum absolute atomic E-state index is 0.280. The van der Waals surface area contributed by atoms with Gasteiger partial charge in [-0.1, -0.05) is 19.1 Å². The molecule has 16 heavy (non-hydrogen) atoms. The number of hydrogen-bond acceptors (Lipinski definition) is 1. The van der Waals surface area contributed by atoms with Crippen molar-refractivity contribution in [3.05, 3.63) is 36.0 Å². The van der Waals surface area contributed by atoms with Gasteiger partial charge in [-0.15, -0.1) is 0 Å². The third kappa shape index (κ3) is 2.12. The Morgan fingerprint density at radius 1 is 1.25 bits per heavy atom. The lowest BCUT2D eigenvalue weighted by Gasteiger charge is -2.09. The van der Waals surface area contributed by atoms with E-state index in [0.717, 1.165) is 19.4 Å². The average molecular weight is 216 g/mol. The second-order valence-electron chi connectivity index (χ2n) is 4.37. The Bertz CT molecular complexity index is 471. The number of aromatic nitrogens is 1. The molecule has 2 nitrogen and oxygen atoms in total. The van der Waals surface area contributed by atoms with Crippen LogP contribution >= 0.6 is 0 Å². The van der Waals surface area contributed by atoms with Crippen LogP contribution in [0.4, 0.5) is 0 Å². The van der Waals surface area contributed by atoms with Gasteiger partial charge in [-0.3, -0.25) is 0 Å². The minimum atomic E-state index is 0.280. The molecule has 2 aromatic rings. The average Bonchev–Trinajstić information content (AvgIpc) is 2.71. The van der Waals surface area contributed by atoms with Crippen LogP contribution in [-0.2, 0) is 13.0 Å². The summed E-state index contributed by atoms with van der Waals surface area (Å²) in [4.78, 5) is 0. The number of rotatable bonds is 4. The van der Waals surface area contributed by atoms with Crippen molar-refractivity contribution in [1.82, 2.24) is 4.57 Å². The first-order valence-corrected chi connectivity index (χ1v) is 6.08. The van der Waals surface area contributed by atoms with Gasteiger partial charge in [-0.25, -0.2) is 0 Å². The number of fused-ring (bicyclic) bond motifs is 1. The molecule has 2 N–H and O–H groups in total. The van der Waals surface area contributed by atoms with Crippen molar-refractivity contribution in [3.63, 3.8) is 0 Å². The lowest BCUT2D eigenvalue weighted by atomic mass is 10.0. The van der Waals surface area contributed by atoms with Gasteiger partial charge in [0.25, 0.3) is 0 Å². The van der Waals surface area contributed by atoms with E-state index in [2.05, 4.69) is 48.9 Å². The van der Waals surface area contributed by atoms with Crippen molar-refractivity contribution in [2.45, 2.75) is 39.3 Å². The molecule has 1 unspecified atom stereocenters. The smallest absolute Gasteiger partial charge is 0.0482 e. The van der Waals surface area contributed by atoms with Crippen LogP contribution in [0.1, 0.15) is 25.8 Å². The second kappa shape index (κ2) is 4.71. The Morgan fingerprint density at radius 2 is 2.06 bits per heavy atom. The van der Waals surface area contributed by atoms with Crippen LogP contribution in [0.25, 0.3) is 10.9 Å². The molecule has 1 aromatic heterocycles. The summed E-state index contributed by atoms with van der Waals surface area (Å²) in [6.07, 6.45) is 4.16. The van der Waals surface area contributed by atoms with Crippen LogP contribution in [0.15, 0.2) is 30.5 Å². The molecule has 86 valence electrons. The normalized spacial score (nSPS) is 13.2. The Kier molecular flexibility index (Phi) is 3.30. The molecule has 0 aliphatic heterocycles. The van der Waals surface area contributed by atoms with Crippen LogP contribution in [0.5, 0.6) is 0 Å². The molecule has 2 heteroatoms. The maximum Gasteiger partial charge on any atom is 0.0482 e. The van der Waals surface area contributed by atoms with E-state index < -0.39 is 0 Å². The number of nitrogens with zero attached hydrogens (tertiary/aromatic N) is 1. The molecule has 0 saturated heterocycles. The molecule has 2 rings (SSSR count). The lowest BCUT2D eigenvalue weighted by molar-refractivity contribution is 0.646. The molecule has 0 aliphatic rings. The highest BCUT2D eigenvalue weighted by molar-refractivity contribution is 5.80. The molecule has 0 spiro atoms. The molecule has 0 amide bonds. The monoisotopic (exact) mass is 216 g/mol. The van der Waals surface area contributed by atoms with Crippen LogP contribution in [-0.4, -0.2) is 10.6 Å². The fourth-order valence-corrected chi connectivity index (χ4v) is 2.08. The van der Waals surface area contributed by atoms with E-state index in [9.17, 15) is 0 Å². The molecule has 0 fully saturated rings. The number of hydrogen-bond donors (Lipinski definition) is 1. The molecule has 0 bridgehead atoms. The van der Waals surface area contributed by atoms with Crippen molar-refractivity contribution in [2.24, 2.45) is 5.73 Å². The van der Waals surface area contributed by atoms with E-state index in [1.54, 1.807) is 0 Å². The van der Waals surface area contributed by atoms with Gasteiger partial charge in [0.2, 0.25) is 0 Å². The largest absolute Gasteiger partial charge is 0.348 e. The summed E-state index contributed by atoms with van der Waals surface area (Å²) in [5, 5.41) is 1.32. The molecule has 1 aromatic carbocycles. The third-order valence-electron chi connectivity index (χ3n) is 3.20. The maximum atomic E-state index is 5.99. The quantitative estimate of drug-likeness (QED) is 0.837. The van der Waals surface area contributed by atoms with E-state index in [1.807, 2.05) is 0 Å². The van der Waals surface area contributed by atoms with Gasteiger partial charge in [-0.05, 0) is 42.8 Å². The molecular weight excluding hydrogens is 196 g/mol. The fraction of sp³-hybridized carbons (Fsp3) is 0.429. The van der Waals surface area contributed by atoms with Gasteiger partial charge in [0, 0.05) is 24.3 Å². The molecule has 0 radical (unpaired) electrons. The predicted octanol–water partition coefficient (Wildman–Crippen LogP) is 2.94. The number of nitrogens with two attached hydrogens (primary N) is 1. The highest BCUT2D eigenvalue weighted by Crippen LogP contribution is 2.18. The Hall–Kier alpha value is -1.28. The van der Waals surface area contributed by atoms with Gasteiger partial charge in [-0.2, -0.15) is 0 Å². The maximum absolute atomic E-state index is 5.99. The van der Waals surface area contributed by atoms with Gasteiger partial charge in [0.15, 0.2) is 0 Å². The van der Waals surface area contributed by atoms with Gasteiger partial charge in [0.1, 0.15) is 0 Å². The first-order valence-electron chi connectivity index (χ1n) is 6.08. The lowest BCUT2D eigenvalue weighted by Crippen LogP contribution is -2.21. The van der Waals surface area contributed by atoms with Crippen LogP contribution < -0.4 is 5.73 Å². The highest BCUT2D eigenvalue weighted by Gasteiger charge is 2.04. The summed E-state index contributed by atoms with van der Waals surface area (Å²) in [7, 11) is 0. The first-order chi connectivity index (χ1) is 7.74. The summed E-state index contributed by atoms with van der Waals surface area (Å²) in [6, 6.07) is 9.11. The second-order valence-corrected chi connectivity index (χ2v) is 4.37. The van der Waals surface area contributed by atoms with E-state index in [0.29, 0.717) is 0 Å². The van der Waals surface area contributed by atoms with Crippen molar-refractivity contribution in [3.8, 4) is 0 Å². The summed E-state index contributed by atoms with van der Waals surface area (Å²) in [6.45, 7) is 5.33. The van der Waals surface area contributed by atoms with E-state index in [4.69, 9.17) is 5.73 Å². The zero-order valence-corrected chi connectivity index (χ0v) is 10.1. The van der Waals surface area contributed by atoms with E-state index in [1.165, 1.54) is 16.5 Å². The van der Waals surface area contributed by atoms with E-state index >= 15 is 0 Å². The summed E-state index contributed by atoms with van der Waals surface area (Å²) in [5.74, 6) is 0. The Morgan fingerprint density at radius 3 is 2.75 bits per heavy atom. The van der Waals surface area contributed by atoms with Crippen molar-refractivity contribution >= 4 is 10.9 Å². The van der Waals surface area contributed by atoms with Crippen molar-refractivity contribution in [2.75, 3.05) is 0 Å². The zero-order valence-electron chi connectivity index (χ0n) is 10.1. The van der Waals surface area contributed by atoms with Gasteiger partial charge in [0.05, 0.1) is 0 Å². The predicted molar refractivity (Wildman–Crippen MR) is 69.6 cm³/mol. The Balaban J connectivity index is 2.34. The fourth-order valence-electron chi connectivity index (χ4n) is 2.08. The Labute approximate surface area is 97.1 Å². The van der Waals surface area contributed by atoms with Crippen LogP contribution in [0.3, 0.4) is 0 Å². The first kappa shape index (κ1) is 11.2.